The molecule has 0 aliphatic carbocycles. The molecule has 0 atom stereocenters. The highest BCUT2D eigenvalue weighted by molar-refractivity contribution is 7.16. The molecule has 0 saturated carbocycles. The Bertz CT molecular complexity index is 469. The Morgan fingerprint density at radius 2 is 2.00 bits per heavy atom. The third-order valence-corrected chi connectivity index (χ3v) is 5.95. The number of fused-ring (bicyclic) bond motifs is 2. The molecule has 0 radical (unpaired) electrons. The van der Waals surface area contributed by atoms with E-state index in [1.54, 1.807) is 11.3 Å². The van der Waals surface area contributed by atoms with E-state index in [0.29, 0.717) is 0 Å². The number of halogens is 1. The molecule has 2 aliphatic heterocycles. The summed E-state index contributed by atoms with van der Waals surface area (Å²) >= 11 is 7.93. The first kappa shape index (κ1) is 13.9. The number of piperidine rings is 1. The molecule has 4 heteroatoms. The molecule has 0 N–H and O–H groups in total. The fraction of sp³-hybridized carbons (Fsp3) is 0.733. The van der Waals surface area contributed by atoms with Gasteiger partial charge in [-0.3, -0.25) is 4.90 Å². The van der Waals surface area contributed by atoms with Crippen molar-refractivity contribution >= 4 is 22.9 Å². The second kappa shape index (κ2) is 4.73. The average molecular weight is 300 g/mol. The van der Waals surface area contributed by atoms with Gasteiger partial charge in [-0.05, 0) is 51.7 Å². The van der Waals surface area contributed by atoms with Gasteiger partial charge in [0.25, 0.3) is 0 Å². The zero-order valence-corrected chi connectivity index (χ0v) is 13.5. The van der Waals surface area contributed by atoms with Crippen molar-refractivity contribution in [2.24, 2.45) is 0 Å². The fourth-order valence-electron chi connectivity index (χ4n) is 3.30. The normalized spacial score (nSPS) is 23.6. The molecule has 3 rings (SSSR count). The van der Waals surface area contributed by atoms with Crippen molar-refractivity contribution in [3.63, 3.8) is 0 Å². The number of thiophene rings is 1. The summed E-state index contributed by atoms with van der Waals surface area (Å²) in [4.78, 5) is 3.96. The summed E-state index contributed by atoms with van der Waals surface area (Å²) in [6.07, 6.45) is 3.20. The van der Waals surface area contributed by atoms with Crippen LogP contribution in [0.25, 0.3) is 0 Å². The Balaban J connectivity index is 1.84. The van der Waals surface area contributed by atoms with E-state index in [-0.39, 0.29) is 11.1 Å². The van der Waals surface area contributed by atoms with Gasteiger partial charge in [0.15, 0.2) is 0 Å². The van der Waals surface area contributed by atoms with E-state index >= 15 is 0 Å². The van der Waals surface area contributed by atoms with Crippen LogP contribution in [-0.2, 0) is 16.8 Å². The zero-order chi connectivity index (χ0) is 13.7. The third kappa shape index (κ3) is 2.46. The number of likely N-dealkylation sites (tertiary alicyclic amines) is 1. The molecule has 2 nitrogen and oxygen atoms in total. The van der Waals surface area contributed by atoms with Gasteiger partial charge in [-0.1, -0.05) is 11.6 Å². The SMILES string of the molecule is CC(C)(C)N1CCC2(CC1)OCCc1cc(Cl)sc12. The maximum Gasteiger partial charge on any atom is 0.105 e. The molecule has 1 aromatic heterocycles. The highest BCUT2D eigenvalue weighted by Gasteiger charge is 2.43. The van der Waals surface area contributed by atoms with Gasteiger partial charge < -0.3 is 4.74 Å². The second-order valence-corrected chi connectivity index (χ2v) is 8.34. The van der Waals surface area contributed by atoms with Crippen molar-refractivity contribution in [1.29, 1.82) is 0 Å². The van der Waals surface area contributed by atoms with Crippen molar-refractivity contribution in [3.05, 3.63) is 20.8 Å². The van der Waals surface area contributed by atoms with Crippen LogP contribution in [0.15, 0.2) is 6.07 Å². The lowest BCUT2D eigenvalue weighted by atomic mass is 9.84. The number of ether oxygens (including phenoxy) is 1. The average Bonchev–Trinajstić information content (AvgIpc) is 2.71. The fourth-order valence-corrected chi connectivity index (χ4v) is 4.80. The Labute approximate surface area is 124 Å². The van der Waals surface area contributed by atoms with Gasteiger partial charge in [-0.2, -0.15) is 0 Å². The summed E-state index contributed by atoms with van der Waals surface area (Å²) in [7, 11) is 0. The van der Waals surface area contributed by atoms with Crippen molar-refractivity contribution in [1.82, 2.24) is 4.90 Å². The summed E-state index contributed by atoms with van der Waals surface area (Å²) in [5, 5.41) is 0. The molecular formula is C15H22ClNOS. The Morgan fingerprint density at radius 1 is 1.32 bits per heavy atom. The quantitative estimate of drug-likeness (QED) is 0.716. The Hall–Kier alpha value is -0.0900. The standard InChI is InChI=1S/C15H22ClNOS/c1-14(2,3)17-7-5-15(6-8-17)13-11(4-9-18-15)10-12(16)19-13/h10H,4-9H2,1-3H3. The van der Waals surface area contributed by atoms with E-state index in [0.717, 1.165) is 43.3 Å². The lowest BCUT2D eigenvalue weighted by Crippen LogP contribution is -2.52. The first-order chi connectivity index (χ1) is 8.91. The monoisotopic (exact) mass is 299 g/mol. The van der Waals surface area contributed by atoms with Gasteiger partial charge in [0.1, 0.15) is 5.60 Å². The third-order valence-electron chi connectivity index (χ3n) is 4.46. The lowest BCUT2D eigenvalue weighted by molar-refractivity contribution is -0.105. The van der Waals surface area contributed by atoms with E-state index in [9.17, 15) is 0 Å². The van der Waals surface area contributed by atoms with Crippen LogP contribution < -0.4 is 0 Å². The minimum Gasteiger partial charge on any atom is -0.369 e. The highest BCUT2D eigenvalue weighted by Crippen LogP contribution is 2.47. The summed E-state index contributed by atoms with van der Waals surface area (Å²) in [6, 6.07) is 2.14. The number of nitrogens with zero attached hydrogens (tertiary/aromatic N) is 1. The van der Waals surface area contributed by atoms with Crippen LogP contribution in [0.1, 0.15) is 44.1 Å². The lowest BCUT2D eigenvalue weighted by Gasteiger charge is -2.47. The van der Waals surface area contributed by atoms with E-state index in [1.165, 1.54) is 10.4 Å². The molecule has 0 unspecified atom stereocenters. The van der Waals surface area contributed by atoms with Gasteiger partial charge in [0, 0.05) is 23.5 Å². The predicted molar refractivity (Wildman–Crippen MR) is 81.2 cm³/mol. The first-order valence-electron chi connectivity index (χ1n) is 7.08. The molecule has 1 fully saturated rings. The maximum absolute atomic E-state index is 6.23. The molecule has 3 heterocycles. The topological polar surface area (TPSA) is 12.5 Å². The van der Waals surface area contributed by atoms with Crippen LogP contribution in [0.5, 0.6) is 0 Å². The van der Waals surface area contributed by atoms with Gasteiger partial charge >= 0.3 is 0 Å². The van der Waals surface area contributed by atoms with Crippen molar-refractivity contribution in [3.8, 4) is 0 Å². The number of hydrogen-bond acceptors (Lipinski definition) is 3. The van der Waals surface area contributed by atoms with Crippen molar-refractivity contribution < 1.29 is 4.74 Å². The summed E-state index contributed by atoms with van der Waals surface area (Å²) in [5.41, 5.74) is 1.63. The molecule has 0 amide bonds. The Kier molecular flexibility index (Phi) is 3.45. The number of rotatable bonds is 0. The molecule has 2 aliphatic rings. The molecule has 0 bridgehead atoms. The molecule has 0 aromatic carbocycles. The molecule has 1 saturated heterocycles. The molecule has 1 aromatic rings. The predicted octanol–water partition coefficient (Wildman–Crippen LogP) is 4.06. The number of hydrogen-bond donors (Lipinski definition) is 0. The van der Waals surface area contributed by atoms with E-state index < -0.39 is 0 Å². The van der Waals surface area contributed by atoms with Gasteiger partial charge in [0.2, 0.25) is 0 Å². The molecule has 19 heavy (non-hydrogen) atoms. The zero-order valence-electron chi connectivity index (χ0n) is 12.0. The molecule has 106 valence electrons. The highest BCUT2D eigenvalue weighted by atomic mass is 35.5. The van der Waals surface area contributed by atoms with E-state index in [1.807, 2.05) is 0 Å². The van der Waals surface area contributed by atoms with Crippen LogP contribution in [0.4, 0.5) is 0 Å². The van der Waals surface area contributed by atoms with Crippen LogP contribution in [-0.4, -0.2) is 30.1 Å². The van der Waals surface area contributed by atoms with E-state index in [4.69, 9.17) is 16.3 Å². The summed E-state index contributed by atoms with van der Waals surface area (Å²) in [6.45, 7) is 9.94. The summed E-state index contributed by atoms with van der Waals surface area (Å²) < 4.78 is 7.14. The smallest absolute Gasteiger partial charge is 0.105 e. The van der Waals surface area contributed by atoms with Crippen molar-refractivity contribution in [2.75, 3.05) is 19.7 Å². The van der Waals surface area contributed by atoms with Gasteiger partial charge in [-0.15, -0.1) is 11.3 Å². The minimum absolute atomic E-state index is 0.0485. The first-order valence-corrected chi connectivity index (χ1v) is 8.28. The Morgan fingerprint density at radius 3 is 2.63 bits per heavy atom. The van der Waals surface area contributed by atoms with Gasteiger partial charge in [-0.25, -0.2) is 0 Å². The van der Waals surface area contributed by atoms with Crippen LogP contribution in [0.3, 0.4) is 0 Å². The second-order valence-electron chi connectivity index (χ2n) is 6.66. The molecular weight excluding hydrogens is 278 g/mol. The van der Waals surface area contributed by atoms with Crippen LogP contribution >= 0.6 is 22.9 Å². The van der Waals surface area contributed by atoms with Crippen molar-refractivity contribution in [2.45, 2.75) is 51.2 Å². The van der Waals surface area contributed by atoms with Crippen LogP contribution in [0, 0.1) is 0 Å². The molecule has 1 spiro atoms. The van der Waals surface area contributed by atoms with Crippen LogP contribution in [0.2, 0.25) is 4.34 Å². The van der Waals surface area contributed by atoms with E-state index in [2.05, 4.69) is 31.7 Å². The minimum atomic E-state index is -0.0485. The van der Waals surface area contributed by atoms with Gasteiger partial charge in [0.05, 0.1) is 10.9 Å². The maximum atomic E-state index is 6.23. The summed E-state index contributed by atoms with van der Waals surface area (Å²) in [5.74, 6) is 0. The largest absolute Gasteiger partial charge is 0.369 e.